The summed E-state index contributed by atoms with van der Waals surface area (Å²) in [5, 5.41) is -0.373. The highest BCUT2D eigenvalue weighted by Gasteiger charge is 2.42. The highest BCUT2D eigenvalue weighted by atomic mass is 79.9. The summed E-state index contributed by atoms with van der Waals surface area (Å²) in [7, 11) is -2.43. The molecule has 0 spiro atoms. The van der Waals surface area contributed by atoms with E-state index in [1.165, 1.54) is 7.11 Å². The molecule has 0 saturated heterocycles. The number of hydrogen-bond donors (Lipinski definition) is 1. The van der Waals surface area contributed by atoms with Crippen LogP contribution in [0.3, 0.4) is 0 Å². The number of sulfonamides is 1. The SMILES string of the molecule is COC(=O)C1CCCC1S(=O)(=O)Nc1cccc(Cl)c1Br. The van der Waals surface area contributed by atoms with Gasteiger partial charge in [-0.3, -0.25) is 9.52 Å². The molecule has 1 aliphatic rings. The van der Waals surface area contributed by atoms with E-state index in [2.05, 4.69) is 20.7 Å². The molecule has 2 unspecified atom stereocenters. The number of carbonyl (C=O) groups excluding carboxylic acids is 1. The van der Waals surface area contributed by atoms with Crippen LogP contribution in [0.15, 0.2) is 22.7 Å². The van der Waals surface area contributed by atoms with Gasteiger partial charge in [-0.25, -0.2) is 8.42 Å². The molecular formula is C13H15BrClNO4S. The van der Waals surface area contributed by atoms with Gasteiger partial charge in [0.15, 0.2) is 0 Å². The molecule has 2 atom stereocenters. The molecule has 1 aromatic carbocycles. The number of halogens is 2. The van der Waals surface area contributed by atoms with Crippen molar-refractivity contribution in [3.8, 4) is 0 Å². The average molecular weight is 397 g/mol. The van der Waals surface area contributed by atoms with Gasteiger partial charge in [-0.1, -0.05) is 24.1 Å². The van der Waals surface area contributed by atoms with Gasteiger partial charge < -0.3 is 4.74 Å². The molecule has 1 aromatic rings. The van der Waals surface area contributed by atoms with Gasteiger partial charge in [-0.15, -0.1) is 0 Å². The normalized spacial score (nSPS) is 22.0. The van der Waals surface area contributed by atoms with Gasteiger partial charge in [-0.2, -0.15) is 0 Å². The van der Waals surface area contributed by atoms with E-state index < -0.39 is 27.2 Å². The lowest BCUT2D eigenvalue weighted by Gasteiger charge is -2.19. The molecule has 2 rings (SSSR count). The standard InChI is InChI=1S/C13H15BrClNO4S/c1-20-13(17)8-4-2-7-11(8)21(18,19)16-10-6-3-5-9(15)12(10)14/h3,5-6,8,11,16H,2,4,7H2,1H3. The summed E-state index contributed by atoms with van der Waals surface area (Å²) < 4.78 is 32.7. The van der Waals surface area contributed by atoms with Crippen LogP contribution in [0.1, 0.15) is 19.3 Å². The first-order valence-electron chi connectivity index (χ1n) is 6.40. The van der Waals surface area contributed by atoms with Gasteiger partial charge in [0, 0.05) is 0 Å². The van der Waals surface area contributed by atoms with Gasteiger partial charge >= 0.3 is 5.97 Å². The fourth-order valence-electron chi connectivity index (χ4n) is 2.53. The summed E-state index contributed by atoms with van der Waals surface area (Å²) in [6.07, 6.45) is 1.64. The minimum Gasteiger partial charge on any atom is -0.469 e. The van der Waals surface area contributed by atoms with Crippen LogP contribution in [0.25, 0.3) is 0 Å². The number of ether oxygens (including phenoxy) is 1. The first kappa shape index (κ1) is 16.6. The highest BCUT2D eigenvalue weighted by molar-refractivity contribution is 9.10. The molecule has 8 heteroatoms. The van der Waals surface area contributed by atoms with E-state index in [9.17, 15) is 13.2 Å². The van der Waals surface area contributed by atoms with Crippen molar-refractivity contribution in [2.75, 3.05) is 11.8 Å². The minimum absolute atomic E-state index is 0.359. The first-order valence-corrected chi connectivity index (χ1v) is 9.12. The van der Waals surface area contributed by atoms with Crippen LogP contribution in [-0.2, 0) is 19.6 Å². The summed E-state index contributed by atoms with van der Waals surface area (Å²) in [5.41, 5.74) is 0.359. The molecule has 0 amide bonds. The van der Waals surface area contributed by atoms with Crippen molar-refractivity contribution in [1.82, 2.24) is 0 Å². The number of carbonyl (C=O) groups is 1. The summed E-state index contributed by atoms with van der Waals surface area (Å²) in [6, 6.07) is 4.91. The lowest BCUT2D eigenvalue weighted by Crippen LogP contribution is -2.35. The van der Waals surface area contributed by atoms with E-state index in [1.807, 2.05) is 0 Å². The van der Waals surface area contributed by atoms with Crippen molar-refractivity contribution in [2.45, 2.75) is 24.5 Å². The largest absolute Gasteiger partial charge is 0.469 e. The van der Waals surface area contributed by atoms with Crippen LogP contribution in [0, 0.1) is 5.92 Å². The smallest absolute Gasteiger partial charge is 0.310 e. The fraction of sp³-hybridized carbons (Fsp3) is 0.462. The summed E-state index contributed by atoms with van der Waals surface area (Å²) in [4.78, 5) is 11.7. The van der Waals surface area contributed by atoms with Gasteiger partial charge in [0.1, 0.15) is 0 Å². The monoisotopic (exact) mass is 395 g/mol. The van der Waals surface area contributed by atoms with Gasteiger partial charge in [0.2, 0.25) is 10.0 Å². The van der Waals surface area contributed by atoms with E-state index in [0.29, 0.717) is 34.4 Å². The van der Waals surface area contributed by atoms with Crippen LogP contribution in [0.5, 0.6) is 0 Å². The second-order valence-electron chi connectivity index (χ2n) is 4.85. The second kappa shape index (κ2) is 6.54. The Morgan fingerprint density at radius 2 is 2.14 bits per heavy atom. The fourth-order valence-corrected chi connectivity index (χ4v) is 4.98. The molecule has 1 N–H and O–H groups in total. The molecule has 0 aliphatic heterocycles. The van der Waals surface area contributed by atoms with Crippen molar-refractivity contribution in [3.05, 3.63) is 27.7 Å². The Morgan fingerprint density at radius 1 is 1.43 bits per heavy atom. The molecule has 0 aromatic heterocycles. The maximum Gasteiger partial charge on any atom is 0.310 e. The molecule has 116 valence electrons. The number of benzene rings is 1. The molecule has 0 radical (unpaired) electrons. The quantitative estimate of drug-likeness (QED) is 0.793. The van der Waals surface area contributed by atoms with Crippen molar-refractivity contribution >= 4 is 49.2 Å². The van der Waals surface area contributed by atoms with Crippen molar-refractivity contribution in [3.63, 3.8) is 0 Å². The van der Waals surface area contributed by atoms with Crippen LogP contribution in [-0.4, -0.2) is 26.7 Å². The maximum absolute atomic E-state index is 12.5. The number of anilines is 1. The van der Waals surface area contributed by atoms with Crippen LogP contribution in [0.4, 0.5) is 5.69 Å². The van der Waals surface area contributed by atoms with Gasteiger partial charge in [0.05, 0.1) is 33.5 Å². The Balaban J connectivity index is 2.26. The van der Waals surface area contributed by atoms with Crippen LogP contribution >= 0.6 is 27.5 Å². The zero-order valence-electron chi connectivity index (χ0n) is 11.3. The molecule has 1 fully saturated rings. The summed E-state index contributed by atoms with van der Waals surface area (Å²) in [5.74, 6) is -1.10. The predicted octanol–water partition coefficient (Wildman–Crippen LogP) is 3.19. The third-order valence-electron chi connectivity index (χ3n) is 3.56. The molecular weight excluding hydrogens is 382 g/mol. The predicted molar refractivity (Wildman–Crippen MR) is 84.8 cm³/mol. The average Bonchev–Trinajstić information content (AvgIpc) is 2.93. The molecule has 1 saturated carbocycles. The summed E-state index contributed by atoms with van der Waals surface area (Å²) >= 11 is 9.20. The number of methoxy groups -OCH3 is 1. The Kier molecular flexibility index (Phi) is 5.16. The minimum atomic E-state index is -3.70. The first-order chi connectivity index (χ1) is 9.86. The Labute approximate surface area is 137 Å². The highest BCUT2D eigenvalue weighted by Crippen LogP contribution is 2.35. The Hall–Kier alpha value is -0.790. The van der Waals surface area contributed by atoms with Crippen LogP contribution in [0.2, 0.25) is 5.02 Å². The lowest BCUT2D eigenvalue weighted by atomic mass is 10.1. The van der Waals surface area contributed by atoms with Crippen LogP contribution < -0.4 is 4.72 Å². The number of nitrogens with one attached hydrogen (secondary N) is 1. The molecule has 0 heterocycles. The molecule has 0 bridgehead atoms. The van der Waals surface area contributed by atoms with Gasteiger partial charge in [-0.05, 0) is 40.9 Å². The summed E-state index contributed by atoms with van der Waals surface area (Å²) in [6.45, 7) is 0. The van der Waals surface area contributed by atoms with Crippen molar-refractivity contribution in [2.24, 2.45) is 5.92 Å². The Morgan fingerprint density at radius 3 is 2.81 bits per heavy atom. The number of esters is 1. The zero-order valence-corrected chi connectivity index (χ0v) is 14.5. The Bertz CT molecular complexity index is 650. The molecule has 5 nitrogen and oxygen atoms in total. The van der Waals surface area contributed by atoms with Crippen molar-refractivity contribution in [1.29, 1.82) is 0 Å². The lowest BCUT2D eigenvalue weighted by molar-refractivity contribution is -0.145. The van der Waals surface area contributed by atoms with E-state index in [0.717, 1.165) is 0 Å². The second-order valence-corrected chi connectivity index (χ2v) is 7.95. The van der Waals surface area contributed by atoms with E-state index in [4.69, 9.17) is 16.3 Å². The van der Waals surface area contributed by atoms with Gasteiger partial charge in [0.25, 0.3) is 0 Å². The van der Waals surface area contributed by atoms with Crippen molar-refractivity contribution < 1.29 is 17.9 Å². The number of hydrogen-bond acceptors (Lipinski definition) is 4. The third-order valence-corrected chi connectivity index (χ3v) is 6.82. The zero-order chi connectivity index (χ0) is 15.6. The molecule has 21 heavy (non-hydrogen) atoms. The maximum atomic E-state index is 12.5. The molecule has 1 aliphatic carbocycles. The van der Waals surface area contributed by atoms with E-state index >= 15 is 0 Å². The number of rotatable bonds is 4. The third kappa shape index (κ3) is 3.52. The van der Waals surface area contributed by atoms with E-state index in [1.54, 1.807) is 18.2 Å². The topological polar surface area (TPSA) is 72.5 Å². The van der Waals surface area contributed by atoms with E-state index in [-0.39, 0.29) is 0 Å².